The van der Waals surface area contributed by atoms with E-state index in [1.54, 1.807) is 14.0 Å². The number of rotatable bonds is 5. The fourth-order valence-corrected chi connectivity index (χ4v) is 2.30. The summed E-state index contributed by atoms with van der Waals surface area (Å²) >= 11 is 3.37. The van der Waals surface area contributed by atoms with Gasteiger partial charge in [-0.25, -0.2) is 0 Å². The van der Waals surface area contributed by atoms with Gasteiger partial charge in [0.25, 0.3) is 0 Å². The normalized spacial score (nSPS) is 14.6. The van der Waals surface area contributed by atoms with Gasteiger partial charge in [0.2, 0.25) is 0 Å². The molecule has 0 saturated heterocycles. The number of halogens is 1. The maximum atomic E-state index is 11.6. The first kappa shape index (κ1) is 12.4. The van der Waals surface area contributed by atoms with Crippen molar-refractivity contribution in [1.82, 2.24) is 0 Å². The molecule has 1 aromatic rings. The minimum absolute atomic E-state index is 0.107. The molecular formula is C12H15BrO2. The Morgan fingerprint density at radius 2 is 2.00 bits per heavy atom. The summed E-state index contributed by atoms with van der Waals surface area (Å²) in [5, 5.41) is 0.655. The Balaban J connectivity index is 2.97. The van der Waals surface area contributed by atoms with Gasteiger partial charge in [-0.1, -0.05) is 46.3 Å². The smallest absolute Gasteiger partial charge is 0.139 e. The molecule has 2 nitrogen and oxygen atoms in total. The predicted molar refractivity (Wildman–Crippen MR) is 64.5 cm³/mol. The van der Waals surface area contributed by atoms with E-state index in [2.05, 4.69) is 15.9 Å². The van der Waals surface area contributed by atoms with Crippen LogP contribution in [0.15, 0.2) is 30.3 Å². The molecule has 1 rings (SSSR count). The molecule has 0 aromatic heterocycles. The number of benzene rings is 1. The number of carbonyl (C=O) groups excluding carboxylic acids is 1. The maximum Gasteiger partial charge on any atom is 0.139 e. The lowest BCUT2D eigenvalue weighted by atomic mass is 9.91. The van der Waals surface area contributed by atoms with E-state index in [4.69, 9.17) is 4.74 Å². The van der Waals surface area contributed by atoms with Crippen molar-refractivity contribution in [2.24, 2.45) is 0 Å². The van der Waals surface area contributed by atoms with E-state index in [0.717, 1.165) is 5.56 Å². The minimum Gasteiger partial charge on any atom is -0.379 e. The molecule has 2 unspecified atom stereocenters. The van der Waals surface area contributed by atoms with E-state index >= 15 is 0 Å². The largest absolute Gasteiger partial charge is 0.379 e. The molecule has 0 bridgehead atoms. The van der Waals surface area contributed by atoms with Crippen molar-refractivity contribution < 1.29 is 9.53 Å². The standard InChI is InChI=1S/C12H15BrO2/c1-9(14)12(11(8-13)15-2)10-6-4-3-5-7-10/h3-7,11-12H,8H2,1-2H3. The van der Waals surface area contributed by atoms with E-state index in [1.165, 1.54) is 0 Å². The van der Waals surface area contributed by atoms with E-state index in [1.807, 2.05) is 30.3 Å². The Labute approximate surface area is 98.8 Å². The molecule has 0 saturated carbocycles. The highest BCUT2D eigenvalue weighted by Gasteiger charge is 2.26. The first-order valence-corrected chi connectivity index (χ1v) is 5.97. The summed E-state index contributed by atoms with van der Waals surface area (Å²) in [4.78, 5) is 11.6. The predicted octanol–water partition coefficient (Wildman–Crippen LogP) is 2.77. The minimum atomic E-state index is -0.185. The molecule has 0 N–H and O–H groups in total. The lowest BCUT2D eigenvalue weighted by molar-refractivity contribution is -0.121. The molecule has 2 atom stereocenters. The molecule has 15 heavy (non-hydrogen) atoms. The van der Waals surface area contributed by atoms with Crippen LogP contribution in [0.1, 0.15) is 18.4 Å². The summed E-state index contributed by atoms with van der Waals surface area (Å²) in [5.74, 6) is -0.0527. The number of ketones is 1. The van der Waals surface area contributed by atoms with Crippen molar-refractivity contribution in [2.75, 3.05) is 12.4 Å². The van der Waals surface area contributed by atoms with Crippen LogP contribution in [0.4, 0.5) is 0 Å². The Bertz CT molecular complexity index is 307. The third kappa shape index (κ3) is 3.14. The van der Waals surface area contributed by atoms with Gasteiger partial charge in [-0.2, -0.15) is 0 Å². The number of alkyl halides is 1. The van der Waals surface area contributed by atoms with Crippen LogP contribution in [-0.2, 0) is 9.53 Å². The molecule has 0 aliphatic rings. The van der Waals surface area contributed by atoms with Crippen LogP contribution in [0.3, 0.4) is 0 Å². The Morgan fingerprint density at radius 3 is 2.40 bits per heavy atom. The summed E-state index contributed by atoms with van der Waals surface area (Å²) in [7, 11) is 1.63. The molecule has 3 heteroatoms. The van der Waals surface area contributed by atoms with Gasteiger partial charge in [-0.3, -0.25) is 4.79 Å². The van der Waals surface area contributed by atoms with Gasteiger partial charge in [0, 0.05) is 12.4 Å². The second kappa shape index (κ2) is 6.03. The zero-order chi connectivity index (χ0) is 11.3. The van der Waals surface area contributed by atoms with Crippen molar-refractivity contribution in [2.45, 2.75) is 18.9 Å². The molecule has 0 heterocycles. The molecule has 1 aromatic carbocycles. The number of hydrogen-bond acceptors (Lipinski definition) is 2. The summed E-state index contributed by atoms with van der Waals surface area (Å²) in [6.07, 6.45) is -0.107. The number of hydrogen-bond donors (Lipinski definition) is 0. The highest BCUT2D eigenvalue weighted by molar-refractivity contribution is 9.09. The molecule has 0 aliphatic carbocycles. The summed E-state index contributed by atoms with van der Waals surface area (Å²) < 4.78 is 5.31. The molecule has 0 fully saturated rings. The van der Waals surface area contributed by atoms with Crippen molar-refractivity contribution >= 4 is 21.7 Å². The maximum absolute atomic E-state index is 11.6. The zero-order valence-electron chi connectivity index (χ0n) is 8.94. The SMILES string of the molecule is COC(CBr)C(C(C)=O)c1ccccc1. The van der Waals surface area contributed by atoms with E-state index in [0.29, 0.717) is 5.33 Å². The van der Waals surface area contributed by atoms with Crippen molar-refractivity contribution in [3.63, 3.8) is 0 Å². The summed E-state index contributed by atoms with van der Waals surface area (Å²) in [6, 6.07) is 9.73. The van der Waals surface area contributed by atoms with E-state index in [-0.39, 0.29) is 17.8 Å². The Hall–Kier alpha value is -0.670. The van der Waals surface area contributed by atoms with Gasteiger partial charge in [-0.15, -0.1) is 0 Å². The van der Waals surface area contributed by atoms with Crippen LogP contribution < -0.4 is 0 Å². The van der Waals surface area contributed by atoms with Crippen LogP contribution >= 0.6 is 15.9 Å². The number of Topliss-reactive ketones (excluding diaryl/α,β-unsaturated/α-hetero) is 1. The van der Waals surface area contributed by atoms with Crippen molar-refractivity contribution in [3.05, 3.63) is 35.9 Å². The lowest BCUT2D eigenvalue weighted by Gasteiger charge is -2.22. The first-order valence-electron chi connectivity index (χ1n) is 4.84. The summed E-state index contributed by atoms with van der Waals surface area (Å²) in [5.41, 5.74) is 1.01. The van der Waals surface area contributed by atoms with E-state index in [9.17, 15) is 4.79 Å². The Kier molecular flexibility index (Phi) is 4.99. The quantitative estimate of drug-likeness (QED) is 0.770. The summed E-state index contributed by atoms with van der Waals surface area (Å²) in [6.45, 7) is 1.60. The third-order valence-corrected chi connectivity index (χ3v) is 3.06. The number of ether oxygens (including phenoxy) is 1. The number of carbonyl (C=O) groups is 1. The molecular weight excluding hydrogens is 256 g/mol. The Morgan fingerprint density at radius 1 is 1.40 bits per heavy atom. The van der Waals surface area contributed by atoms with Crippen LogP contribution in [0, 0.1) is 0 Å². The van der Waals surface area contributed by atoms with Crippen molar-refractivity contribution in [1.29, 1.82) is 0 Å². The second-order valence-corrected chi connectivity index (χ2v) is 4.07. The number of methoxy groups -OCH3 is 1. The first-order chi connectivity index (χ1) is 7.20. The molecule has 0 radical (unpaired) electrons. The van der Waals surface area contributed by atoms with Gasteiger partial charge in [-0.05, 0) is 12.5 Å². The fraction of sp³-hybridized carbons (Fsp3) is 0.417. The van der Waals surface area contributed by atoms with Gasteiger partial charge in [0.05, 0.1) is 12.0 Å². The van der Waals surface area contributed by atoms with Gasteiger partial charge >= 0.3 is 0 Å². The molecule has 82 valence electrons. The van der Waals surface area contributed by atoms with Crippen LogP contribution in [0.25, 0.3) is 0 Å². The highest BCUT2D eigenvalue weighted by atomic mass is 79.9. The molecule has 0 amide bonds. The molecule has 0 aliphatic heterocycles. The average Bonchev–Trinajstić information content (AvgIpc) is 2.26. The van der Waals surface area contributed by atoms with Crippen LogP contribution in [-0.4, -0.2) is 24.3 Å². The van der Waals surface area contributed by atoms with Crippen LogP contribution in [0.5, 0.6) is 0 Å². The van der Waals surface area contributed by atoms with Gasteiger partial charge in [0.15, 0.2) is 0 Å². The highest BCUT2D eigenvalue weighted by Crippen LogP contribution is 2.23. The van der Waals surface area contributed by atoms with Gasteiger partial charge in [0.1, 0.15) is 5.78 Å². The second-order valence-electron chi connectivity index (χ2n) is 3.43. The lowest BCUT2D eigenvalue weighted by Crippen LogP contribution is -2.27. The van der Waals surface area contributed by atoms with E-state index < -0.39 is 0 Å². The third-order valence-electron chi connectivity index (χ3n) is 2.42. The average molecular weight is 271 g/mol. The molecule has 0 spiro atoms. The van der Waals surface area contributed by atoms with Crippen LogP contribution in [0.2, 0.25) is 0 Å². The topological polar surface area (TPSA) is 26.3 Å². The van der Waals surface area contributed by atoms with Gasteiger partial charge < -0.3 is 4.74 Å². The van der Waals surface area contributed by atoms with Crippen molar-refractivity contribution in [3.8, 4) is 0 Å². The zero-order valence-corrected chi connectivity index (χ0v) is 10.5. The monoisotopic (exact) mass is 270 g/mol. The fourth-order valence-electron chi connectivity index (χ4n) is 1.66.